The van der Waals surface area contributed by atoms with Crippen molar-refractivity contribution in [3.05, 3.63) is 69.7 Å². The quantitative estimate of drug-likeness (QED) is 0.682. The van der Waals surface area contributed by atoms with Crippen LogP contribution in [0.25, 0.3) is 0 Å². The van der Waals surface area contributed by atoms with Crippen molar-refractivity contribution in [1.82, 2.24) is 19.9 Å². The summed E-state index contributed by atoms with van der Waals surface area (Å²) in [5, 5.41) is 13.0. The van der Waals surface area contributed by atoms with E-state index in [1.165, 1.54) is 16.8 Å². The van der Waals surface area contributed by atoms with Gasteiger partial charge in [0.25, 0.3) is 0 Å². The molecule has 0 spiro atoms. The predicted octanol–water partition coefficient (Wildman–Crippen LogP) is 3.19. The molecule has 6 heteroatoms. The lowest BCUT2D eigenvalue weighted by Crippen LogP contribution is -2.38. The minimum Gasteiger partial charge on any atom is -0.375 e. The summed E-state index contributed by atoms with van der Waals surface area (Å²) >= 11 is 1.74. The molecule has 0 saturated carbocycles. The van der Waals surface area contributed by atoms with E-state index < -0.39 is 0 Å². The highest BCUT2D eigenvalue weighted by atomic mass is 32.1. The van der Waals surface area contributed by atoms with Crippen molar-refractivity contribution in [3.63, 3.8) is 0 Å². The van der Waals surface area contributed by atoms with Crippen LogP contribution in [0, 0.1) is 0 Å². The molecular formula is C19H22N4OS. The predicted molar refractivity (Wildman–Crippen MR) is 98.3 cm³/mol. The van der Waals surface area contributed by atoms with Gasteiger partial charge in [0.1, 0.15) is 5.69 Å². The molecule has 0 aliphatic carbocycles. The molecule has 1 aliphatic rings. The van der Waals surface area contributed by atoms with Crippen LogP contribution in [0.2, 0.25) is 0 Å². The number of ether oxygens (including phenoxy) is 1. The molecule has 130 valence electrons. The Balaban J connectivity index is 1.49. The van der Waals surface area contributed by atoms with Gasteiger partial charge in [-0.25, -0.2) is 0 Å². The van der Waals surface area contributed by atoms with Crippen LogP contribution in [0.5, 0.6) is 0 Å². The molecule has 0 bridgehead atoms. The second kappa shape index (κ2) is 7.47. The normalized spacial score (nSPS) is 17.6. The third-order valence-corrected chi connectivity index (χ3v) is 5.45. The summed E-state index contributed by atoms with van der Waals surface area (Å²) in [4.78, 5) is 2.46. The highest BCUT2D eigenvalue weighted by Crippen LogP contribution is 2.30. The van der Waals surface area contributed by atoms with Gasteiger partial charge in [-0.05, 0) is 28.0 Å². The number of hydrogen-bond donors (Lipinski definition) is 0. The minimum absolute atomic E-state index is 0.154. The SMILES string of the molecule is Cn1nnc2c1CCN(Cc1ccsc1)C2COCc1ccccc1. The molecule has 25 heavy (non-hydrogen) atoms. The van der Waals surface area contributed by atoms with Crippen LogP contribution < -0.4 is 0 Å². The van der Waals surface area contributed by atoms with E-state index in [2.05, 4.69) is 44.2 Å². The van der Waals surface area contributed by atoms with Crippen molar-refractivity contribution in [3.8, 4) is 0 Å². The molecule has 0 N–H and O–H groups in total. The van der Waals surface area contributed by atoms with E-state index in [0.717, 1.165) is 25.2 Å². The third kappa shape index (κ3) is 3.66. The van der Waals surface area contributed by atoms with Crippen LogP contribution in [-0.2, 0) is 31.4 Å². The lowest BCUT2D eigenvalue weighted by Gasteiger charge is -2.34. The zero-order chi connectivity index (χ0) is 17.1. The molecule has 3 aromatic rings. The van der Waals surface area contributed by atoms with E-state index in [-0.39, 0.29) is 6.04 Å². The molecule has 3 heterocycles. The molecule has 0 radical (unpaired) electrons. The zero-order valence-electron chi connectivity index (χ0n) is 14.3. The number of rotatable bonds is 6. The summed E-state index contributed by atoms with van der Waals surface area (Å²) in [5.74, 6) is 0. The Morgan fingerprint density at radius 3 is 2.88 bits per heavy atom. The summed E-state index contributed by atoms with van der Waals surface area (Å²) < 4.78 is 7.96. The molecule has 1 aromatic carbocycles. The van der Waals surface area contributed by atoms with Gasteiger partial charge in [0.05, 0.1) is 24.9 Å². The van der Waals surface area contributed by atoms with Gasteiger partial charge in [-0.2, -0.15) is 11.3 Å². The Bertz CT molecular complexity index is 800. The Kier molecular flexibility index (Phi) is 4.92. The summed E-state index contributed by atoms with van der Waals surface area (Å²) in [6, 6.07) is 12.7. The monoisotopic (exact) mass is 354 g/mol. The first kappa shape index (κ1) is 16.4. The Labute approximate surface area is 151 Å². The molecule has 1 unspecified atom stereocenters. The average Bonchev–Trinajstić information content (AvgIpc) is 3.28. The highest BCUT2D eigenvalue weighted by molar-refractivity contribution is 7.07. The lowest BCUT2D eigenvalue weighted by molar-refractivity contribution is 0.0389. The standard InChI is InChI=1S/C19H22N4OS/c1-22-17-7-9-23(11-16-8-10-25-14-16)18(19(17)20-21-22)13-24-12-15-5-3-2-4-6-15/h2-6,8,10,14,18H,7,9,11-13H2,1H3. The summed E-state index contributed by atoms with van der Waals surface area (Å²) in [5.41, 5.74) is 4.85. The van der Waals surface area contributed by atoms with Gasteiger partial charge in [-0.3, -0.25) is 9.58 Å². The first-order valence-corrected chi connectivity index (χ1v) is 9.51. The second-order valence-corrected chi connectivity index (χ2v) is 7.19. The van der Waals surface area contributed by atoms with Crippen LogP contribution in [-0.4, -0.2) is 33.0 Å². The van der Waals surface area contributed by atoms with Crippen molar-refractivity contribution in [1.29, 1.82) is 0 Å². The number of nitrogens with zero attached hydrogens (tertiary/aromatic N) is 4. The number of aryl methyl sites for hydroxylation is 1. The van der Waals surface area contributed by atoms with Gasteiger partial charge in [-0.15, -0.1) is 5.10 Å². The van der Waals surface area contributed by atoms with Crippen LogP contribution in [0.15, 0.2) is 47.2 Å². The van der Waals surface area contributed by atoms with Crippen molar-refractivity contribution in [2.24, 2.45) is 7.05 Å². The van der Waals surface area contributed by atoms with E-state index >= 15 is 0 Å². The van der Waals surface area contributed by atoms with Crippen LogP contribution >= 0.6 is 11.3 Å². The van der Waals surface area contributed by atoms with Gasteiger partial charge in [-0.1, -0.05) is 35.5 Å². The Morgan fingerprint density at radius 2 is 2.08 bits per heavy atom. The lowest BCUT2D eigenvalue weighted by atomic mass is 10.0. The van der Waals surface area contributed by atoms with Crippen LogP contribution in [0.1, 0.15) is 28.6 Å². The molecule has 5 nitrogen and oxygen atoms in total. The maximum absolute atomic E-state index is 6.06. The van der Waals surface area contributed by atoms with Crippen molar-refractivity contribution < 1.29 is 4.74 Å². The van der Waals surface area contributed by atoms with Crippen molar-refractivity contribution in [2.75, 3.05) is 13.2 Å². The first-order valence-electron chi connectivity index (χ1n) is 8.56. The van der Waals surface area contributed by atoms with Crippen LogP contribution in [0.3, 0.4) is 0 Å². The largest absolute Gasteiger partial charge is 0.375 e. The maximum atomic E-state index is 6.06. The summed E-state index contributed by atoms with van der Waals surface area (Å²) in [7, 11) is 1.97. The molecule has 1 aliphatic heterocycles. The fourth-order valence-corrected chi connectivity index (χ4v) is 4.03. The Morgan fingerprint density at radius 1 is 1.20 bits per heavy atom. The Hall–Kier alpha value is -2.02. The summed E-state index contributed by atoms with van der Waals surface area (Å²) in [6.45, 7) is 3.19. The van der Waals surface area contributed by atoms with Gasteiger partial charge in [0, 0.05) is 26.6 Å². The number of benzene rings is 1. The number of fused-ring (bicyclic) bond motifs is 1. The second-order valence-electron chi connectivity index (χ2n) is 6.41. The zero-order valence-corrected chi connectivity index (χ0v) is 15.2. The number of aromatic nitrogens is 3. The van der Waals surface area contributed by atoms with Gasteiger partial charge >= 0.3 is 0 Å². The molecule has 0 fully saturated rings. The van der Waals surface area contributed by atoms with Crippen molar-refractivity contribution >= 4 is 11.3 Å². The fourth-order valence-electron chi connectivity index (χ4n) is 3.37. The smallest absolute Gasteiger partial charge is 0.105 e. The van der Waals surface area contributed by atoms with E-state index in [9.17, 15) is 0 Å². The highest BCUT2D eigenvalue weighted by Gasteiger charge is 2.31. The number of hydrogen-bond acceptors (Lipinski definition) is 5. The van der Waals surface area contributed by atoms with E-state index in [1.54, 1.807) is 11.3 Å². The van der Waals surface area contributed by atoms with Crippen LogP contribution in [0.4, 0.5) is 0 Å². The average molecular weight is 354 g/mol. The third-order valence-electron chi connectivity index (χ3n) is 4.72. The summed E-state index contributed by atoms with van der Waals surface area (Å²) in [6.07, 6.45) is 0.984. The molecular weight excluding hydrogens is 332 g/mol. The van der Waals surface area contributed by atoms with Gasteiger partial charge in [0.2, 0.25) is 0 Å². The van der Waals surface area contributed by atoms with Gasteiger partial charge in [0.15, 0.2) is 0 Å². The van der Waals surface area contributed by atoms with E-state index in [0.29, 0.717) is 13.2 Å². The van der Waals surface area contributed by atoms with E-state index in [4.69, 9.17) is 4.74 Å². The molecule has 0 saturated heterocycles. The number of thiophene rings is 1. The fraction of sp³-hybridized carbons (Fsp3) is 0.368. The van der Waals surface area contributed by atoms with Gasteiger partial charge < -0.3 is 4.74 Å². The van der Waals surface area contributed by atoms with E-state index in [1.807, 2.05) is 29.9 Å². The topological polar surface area (TPSA) is 43.2 Å². The minimum atomic E-state index is 0.154. The maximum Gasteiger partial charge on any atom is 0.105 e. The molecule has 4 rings (SSSR count). The van der Waals surface area contributed by atoms with Crippen molar-refractivity contribution in [2.45, 2.75) is 25.6 Å². The first-order chi connectivity index (χ1) is 12.3. The molecule has 1 atom stereocenters. The molecule has 2 aromatic heterocycles. The molecule has 0 amide bonds.